The van der Waals surface area contributed by atoms with Crippen molar-refractivity contribution in [2.24, 2.45) is 5.41 Å². The van der Waals surface area contributed by atoms with E-state index in [4.69, 9.17) is 0 Å². The molecule has 0 spiro atoms. The molecule has 0 radical (unpaired) electrons. The normalized spacial score (nSPS) is 14.1. The van der Waals surface area contributed by atoms with Crippen molar-refractivity contribution < 1.29 is 10.2 Å². The SMILES string of the molecule is CCC(CC)(CN[C@@H](C)c1ccccc1O)CN[C@@H](C)c1ccccc1O. The highest BCUT2D eigenvalue weighted by Crippen LogP contribution is 2.30. The minimum Gasteiger partial charge on any atom is -0.508 e. The van der Waals surface area contributed by atoms with Crippen molar-refractivity contribution in [3.8, 4) is 11.5 Å². The molecule has 4 heteroatoms. The Bertz CT molecular complexity index is 656. The van der Waals surface area contributed by atoms with Crippen LogP contribution in [-0.4, -0.2) is 23.3 Å². The molecule has 0 aliphatic carbocycles. The zero-order valence-corrected chi connectivity index (χ0v) is 17.0. The summed E-state index contributed by atoms with van der Waals surface area (Å²) in [6.07, 6.45) is 2.09. The molecule has 148 valence electrons. The van der Waals surface area contributed by atoms with E-state index >= 15 is 0 Å². The summed E-state index contributed by atoms with van der Waals surface area (Å²) in [5, 5.41) is 27.4. The van der Waals surface area contributed by atoms with E-state index in [2.05, 4.69) is 38.3 Å². The van der Waals surface area contributed by atoms with Crippen molar-refractivity contribution >= 4 is 0 Å². The average Bonchev–Trinajstić information content (AvgIpc) is 2.69. The fourth-order valence-electron chi connectivity index (χ4n) is 3.48. The van der Waals surface area contributed by atoms with Crippen molar-refractivity contribution in [2.45, 2.75) is 52.6 Å². The van der Waals surface area contributed by atoms with E-state index in [1.807, 2.05) is 36.4 Å². The van der Waals surface area contributed by atoms with Gasteiger partial charge in [-0.2, -0.15) is 0 Å². The Hall–Kier alpha value is -2.04. The second kappa shape index (κ2) is 9.77. The fraction of sp³-hybridized carbons (Fsp3) is 0.478. The van der Waals surface area contributed by atoms with E-state index in [1.165, 1.54) is 0 Å². The first-order valence-corrected chi connectivity index (χ1v) is 9.95. The van der Waals surface area contributed by atoms with Crippen molar-refractivity contribution in [2.75, 3.05) is 13.1 Å². The number of para-hydroxylation sites is 2. The van der Waals surface area contributed by atoms with Gasteiger partial charge in [0.15, 0.2) is 0 Å². The first kappa shape index (κ1) is 21.3. The van der Waals surface area contributed by atoms with Gasteiger partial charge in [-0.15, -0.1) is 0 Å². The maximum absolute atomic E-state index is 10.1. The van der Waals surface area contributed by atoms with Gasteiger partial charge >= 0.3 is 0 Å². The number of phenolic OH excluding ortho intramolecular Hbond substituents is 2. The van der Waals surface area contributed by atoms with E-state index in [0.717, 1.165) is 37.1 Å². The van der Waals surface area contributed by atoms with Crippen molar-refractivity contribution in [1.82, 2.24) is 10.6 Å². The van der Waals surface area contributed by atoms with E-state index in [1.54, 1.807) is 12.1 Å². The van der Waals surface area contributed by atoms with E-state index < -0.39 is 0 Å². The lowest BCUT2D eigenvalue weighted by Crippen LogP contribution is -2.43. The van der Waals surface area contributed by atoms with Gasteiger partial charge in [0.25, 0.3) is 0 Å². The molecular formula is C23H34N2O2. The quantitative estimate of drug-likeness (QED) is 0.480. The molecule has 2 aromatic carbocycles. The molecule has 4 N–H and O–H groups in total. The molecule has 2 aromatic rings. The summed E-state index contributed by atoms with van der Waals surface area (Å²) in [5.41, 5.74) is 1.96. The van der Waals surface area contributed by atoms with Gasteiger partial charge in [0.05, 0.1) is 0 Å². The van der Waals surface area contributed by atoms with Crippen LogP contribution in [0.5, 0.6) is 11.5 Å². The van der Waals surface area contributed by atoms with Crippen LogP contribution in [0.2, 0.25) is 0 Å². The van der Waals surface area contributed by atoms with Gasteiger partial charge in [-0.25, -0.2) is 0 Å². The van der Waals surface area contributed by atoms with Crippen LogP contribution in [0.4, 0.5) is 0 Å². The molecule has 0 saturated heterocycles. The predicted octanol–water partition coefficient (Wildman–Crippen LogP) is 4.91. The number of benzene rings is 2. The highest BCUT2D eigenvalue weighted by molar-refractivity contribution is 5.35. The molecule has 0 saturated carbocycles. The predicted molar refractivity (Wildman–Crippen MR) is 112 cm³/mol. The topological polar surface area (TPSA) is 64.5 Å². The maximum Gasteiger partial charge on any atom is 0.120 e. The monoisotopic (exact) mass is 370 g/mol. The van der Waals surface area contributed by atoms with Crippen LogP contribution < -0.4 is 10.6 Å². The highest BCUT2D eigenvalue weighted by Gasteiger charge is 2.27. The number of phenols is 2. The third-order valence-corrected chi connectivity index (χ3v) is 5.87. The molecule has 0 amide bonds. The van der Waals surface area contributed by atoms with Crippen LogP contribution in [0.15, 0.2) is 48.5 Å². The molecule has 0 unspecified atom stereocenters. The third-order valence-electron chi connectivity index (χ3n) is 5.87. The van der Waals surface area contributed by atoms with Gasteiger partial charge in [-0.1, -0.05) is 50.2 Å². The minimum atomic E-state index is 0.0827. The Morgan fingerprint density at radius 1 is 0.741 bits per heavy atom. The third kappa shape index (κ3) is 5.47. The van der Waals surface area contributed by atoms with Crippen molar-refractivity contribution in [1.29, 1.82) is 0 Å². The van der Waals surface area contributed by atoms with Crippen LogP contribution in [0.3, 0.4) is 0 Å². The second-order valence-corrected chi connectivity index (χ2v) is 7.53. The van der Waals surface area contributed by atoms with Crippen LogP contribution in [0.1, 0.15) is 63.7 Å². The second-order valence-electron chi connectivity index (χ2n) is 7.53. The fourth-order valence-corrected chi connectivity index (χ4v) is 3.48. The van der Waals surface area contributed by atoms with Crippen molar-refractivity contribution in [3.05, 3.63) is 59.7 Å². The van der Waals surface area contributed by atoms with E-state index in [-0.39, 0.29) is 17.5 Å². The number of hydrogen-bond donors (Lipinski definition) is 4. The van der Waals surface area contributed by atoms with Gasteiger partial charge in [0.1, 0.15) is 11.5 Å². The maximum atomic E-state index is 10.1. The lowest BCUT2D eigenvalue weighted by atomic mass is 9.81. The summed E-state index contributed by atoms with van der Waals surface area (Å²) in [5.74, 6) is 0.671. The number of aromatic hydroxyl groups is 2. The zero-order valence-electron chi connectivity index (χ0n) is 17.0. The largest absolute Gasteiger partial charge is 0.508 e. The Labute approximate surface area is 163 Å². The zero-order chi connectivity index (χ0) is 19.9. The molecule has 0 heterocycles. The van der Waals surface area contributed by atoms with Crippen molar-refractivity contribution in [3.63, 3.8) is 0 Å². The summed E-state index contributed by atoms with van der Waals surface area (Å²) in [4.78, 5) is 0. The van der Waals surface area contributed by atoms with Gasteiger partial charge in [-0.3, -0.25) is 0 Å². The minimum absolute atomic E-state index is 0.0827. The summed E-state index contributed by atoms with van der Waals surface area (Å²) in [7, 11) is 0. The molecule has 2 rings (SSSR count). The molecule has 4 nitrogen and oxygen atoms in total. The summed E-state index contributed by atoms with van der Waals surface area (Å²) in [6.45, 7) is 10.3. The Kier molecular flexibility index (Phi) is 7.69. The molecule has 0 bridgehead atoms. The first-order valence-electron chi connectivity index (χ1n) is 9.95. The molecule has 0 fully saturated rings. The number of rotatable bonds is 10. The summed E-state index contributed by atoms with van der Waals surface area (Å²) in [6, 6.07) is 15.2. The molecule has 0 aliphatic rings. The molecule has 0 aliphatic heterocycles. The van der Waals surface area contributed by atoms with E-state index in [0.29, 0.717) is 11.5 Å². The van der Waals surface area contributed by atoms with Crippen LogP contribution in [0.25, 0.3) is 0 Å². The molecule has 0 aromatic heterocycles. The Balaban J connectivity index is 2.00. The standard InChI is InChI=1S/C23H34N2O2/c1-5-23(6-2,15-24-17(3)19-11-7-9-13-21(19)26)16-25-18(4)20-12-8-10-14-22(20)27/h7-14,17-18,24-27H,5-6,15-16H2,1-4H3/t17-,18-/m0/s1. The summed E-state index contributed by atoms with van der Waals surface area (Å²) < 4.78 is 0. The van der Waals surface area contributed by atoms with Crippen LogP contribution >= 0.6 is 0 Å². The van der Waals surface area contributed by atoms with Gasteiger partial charge in [0.2, 0.25) is 0 Å². The lowest BCUT2D eigenvalue weighted by molar-refractivity contribution is 0.221. The van der Waals surface area contributed by atoms with Crippen LogP contribution in [0, 0.1) is 5.41 Å². The number of nitrogens with one attached hydrogen (secondary N) is 2. The van der Waals surface area contributed by atoms with Crippen LogP contribution in [-0.2, 0) is 0 Å². The molecule has 2 atom stereocenters. The Morgan fingerprint density at radius 2 is 1.11 bits per heavy atom. The molecule has 27 heavy (non-hydrogen) atoms. The smallest absolute Gasteiger partial charge is 0.120 e. The van der Waals surface area contributed by atoms with E-state index in [9.17, 15) is 10.2 Å². The average molecular weight is 371 g/mol. The lowest BCUT2D eigenvalue weighted by Gasteiger charge is -2.35. The van der Waals surface area contributed by atoms with Gasteiger partial charge in [-0.05, 0) is 44.2 Å². The van der Waals surface area contributed by atoms with Gasteiger partial charge in [0, 0.05) is 36.3 Å². The van der Waals surface area contributed by atoms with Gasteiger partial charge < -0.3 is 20.8 Å². The first-order chi connectivity index (χ1) is 12.9. The number of hydrogen-bond acceptors (Lipinski definition) is 4. The summed E-state index contributed by atoms with van der Waals surface area (Å²) >= 11 is 0. The molecular weight excluding hydrogens is 336 g/mol. The Morgan fingerprint density at radius 3 is 1.44 bits per heavy atom. The highest BCUT2D eigenvalue weighted by atomic mass is 16.3.